The molecule has 1 aromatic rings. The molecule has 4 nitrogen and oxygen atoms in total. The normalized spacial score (nSPS) is 10.1. The number of rotatable bonds is 7. The summed E-state index contributed by atoms with van der Waals surface area (Å²) in [6.07, 6.45) is -0.232. The van der Waals surface area contributed by atoms with Crippen molar-refractivity contribution >= 4 is 27.7 Å². The van der Waals surface area contributed by atoms with Crippen LogP contribution in [0.3, 0.4) is 0 Å². The summed E-state index contributed by atoms with van der Waals surface area (Å²) < 4.78 is 10.9. The number of hydrogen-bond donors (Lipinski definition) is 0. The maximum absolute atomic E-state index is 11.4. The first-order valence-corrected chi connectivity index (χ1v) is 6.41. The zero-order valence-corrected chi connectivity index (χ0v) is 11.7. The third-order valence-electron chi connectivity index (χ3n) is 2.13. The highest BCUT2D eigenvalue weighted by Crippen LogP contribution is 2.16. The molecule has 1 aromatic carbocycles. The Balaban J connectivity index is 2.28. The van der Waals surface area contributed by atoms with Crippen LogP contribution in [0.15, 0.2) is 28.7 Å². The molecule has 1 rings (SSSR count). The second-order valence-electron chi connectivity index (χ2n) is 3.60. The van der Waals surface area contributed by atoms with Gasteiger partial charge in [0.1, 0.15) is 13.0 Å². The maximum Gasteiger partial charge on any atom is 0.313 e. The van der Waals surface area contributed by atoms with Crippen LogP contribution in [0.5, 0.6) is 0 Å². The van der Waals surface area contributed by atoms with E-state index >= 15 is 0 Å². The van der Waals surface area contributed by atoms with Crippen LogP contribution in [-0.2, 0) is 25.7 Å². The van der Waals surface area contributed by atoms with Crippen LogP contribution in [0.1, 0.15) is 18.9 Å². The molecule has 0 aromatic heterocycles. The molecule has 0 aliphatic carbocycles. The van der Waals surface area contributed by atoms with Crippen molar-refractivity contribution in [1.29, 1.82) is 0 Å². The van der Waals surface area contributed by atoms with Crippen LogP contribution in [0, 0.1) is 0 Å². The fraction of sp³-hybridized carbons (Fsp3) is 0.385. The van der Waals surface area contributed by atoms with Crippen molar-refractivity contribution in [2.24, 2.45) is 0 Å². The van der Waals surface area contributed by atoms with Gasteiger partial charge in [-0.2, -0.15) is 0 Å². The number of Topliss-reactive ketones (excluding diaryl/α,β-unsaturated/α-hetero) is 1. The average molecular weight is 315 g/mol. The molecule has 18 heavy (non-hydrogen) atoms. The minimum Gasteiger partial charge on any atom is -0.466 e. The monoisotopic (exact) mass is 314 g/mol. The average Bonchev–Trinajstić information content (AvgIpc) is 2.31. The number of benzene rings is 1. The van der Waals surface area contributed by atoms with Gasteiger partial charge in [-0.25, -0.2) is 0 Å². The first-order chi connectivity index (χ1) is 8.63. The lowest BCUT2D eigenvalue weighted by atomic mass is 10.2. The van der Waals surface area contributed by atoms with E-state index in [-0.39, 0.29) is 25.4 Å². The molecular weight excluding hydrogens is 300 g/mol. The number of carbonyl (C=O) groups is 2. The number of esters is 1. The van der Waals surface area contributed by atoms with E-state index in [9.17, 15) is 9.59 Å². The van der Waals surface area contributed by atoms with E-state index in [4.69, 9.17) is 4.74 Å². The van der Waals surface area contributed by atoms with Crippen molar-refractivity contribution in [1.82, 2.24) is 0 Å². The summed E-state index contributed by atoms with van der Waals surface area (Å²) in [6.45, 7) is 2.23. The first-order valence-electron chi connectivity index (χ1n) is 5.62. The highest BCUT2D eigenvalue weighted by molar-refractivity contribution is 9.10. The maximum atomic E-state index is 11.4. The molecule has 0 unspecified atom stereocenters. The quantitative estimate of drug-likeness (QED) is 0.573. The zero-order valence-electron chi connectivity index (χ0n) is 10.1. The standard InChI is InChI=1S/C13H15BrO4/c1-2-18-13(16)7-11(15)9-17-8-10-5-3-4-6-12(10)14/h3-6H,2,7-9H2,1H3. The van der Waals surface area contributed by atoms with Gasteiger partial charge in [0, 0.05) is 4.47 Å². The molecule has 0 heterocycles. The summed E-state index contributed by atoms with van der Waals surface area (Å²) in [7, 11) is 0. The molecule has 0 aliphatic heterocycles. The van der Waals surface area contributed by atoms with Crippen molar-refractivity contribution in [2.45, 2.75) is 20.0 Å². The predicted octanol–water partition coefficient (Wildman–Crippen LogP) is 2.49. The summed E-state index contributed by atoms with van der Waals surface area (Å²) in [5.74, 6) is -0.785. The van der Waals surface area contributed by atoms with Gasteiger partial charge < -0.3 is 9.47 Å². The molecule has 98 valence electrons. The van der Waals surface area contributed by atoms with Crippen molar-refractivity contribution in [3.05, 3.63) is 34.3 Å². The fourth-order valence-corrected chi connectivity index (χ4v) is 1.71. The van der Waals surface area contributed by atoms with E-state index in [0.717, 1.165) is 10.0 Å². The summed E-state index contributed by atoms with van der Waals surface area (Å²) in [5.41, 5.74) is 0.960. The lowest BCUT2D eigenvalue weighted by Crippen LogP contribution is -2.15. The number of ether oxygens (including phenoxy) is 2. The lowest BCUT2D eigenvalue weighted by Gasteiger charge is -2.05. The lowest BCUT2D eigenvalue weighted by molar-refractivity contribution is -0.146. The SMILES string of the molecule is CCOC(=O)CC(=O)COCc1ccccc1Br. The summed E-state index contributed by atoms with van der Waals surface area (Å²) in [6, 6.07) is 7.60. The van der Waals surface area contributed by atoms with Gasteiger partial charge in [0.25, 0.3) is 0 Å². The smallest absolute Gasteiger partial charge is 0.313 e. The van der Waals surface area contributed by atoms with Crippen LogP contribution < -0.4 is 0 Å². The Hall–Kier alpha value is -1.20. The van der Waals surface area contributed by atoms with E-state index in [1.165, 1.54) is 0 Å². The molecule has 0 saturated heterocycles. The van der Waals surface area contributed by atoms with Crippen molar-refractivity contribution in [3.8, 4) is 0 Å². The van der Waals surface area contributed by atoms with Crippen molar-refractivity contribution in [2.75, 3.05) is 13.2 Å². The van der Waals surface area contributed by atoms with Crippen molar-refractivity contribution in [3.63, 3.8) is 0 Å². The van der Waals surface area contributed by atoms with Crippen LogP contribution in [0.2, 0.25) is 0 Å². The van der Waals surface area contributed by atoms with Crippen LogP contribution in [-0.4, -0.2) is 25.0 Å². The van der Waals surface area contributed by atoms with Gasteiger partial charge in [0.15, 0.2) is 5.78 Å². The molecule has 0 aliphatic rings. The largest absolute Gasteiger partial charge is 0.466 e. The van der Waals surface area contributed by atoms with E-state index in [1.807, 2.05) is 24.3 Å². The highest BCUT2D eigenvalue weighted by Gasteiger charge is 2.10. The number of halogens is 1. The topological polar surface area (TPSA) is 52.6 Å². The van der Waals surface area contributed by atoms with Crippen LogP contribution >= 0.6 is 15.9 Å². The van der Waals surface area contributed by atoms with Gasteiger partial charge in [0.2, 0.25) is 0 Å². The second kappa shape index (κ2) is 8.00. The Kier molecular flexibility index (Phi) is 6.60. The van der Waals surface area contributed by atoms with E-state index in [2.05, 4.69) is 20.7 Å². The summed E-state index contributed by atoms with van der Waals surface area (Å²) in [4.78, 5) is 22.4. The van der Waals surface area contributed by atoms with Gasteiger partial charge in [-0.3, -0.25) is 9.59 Å². The molecule has 0 fully saturated rings. The van der Waals surface area contributed by atoms with Gasteiger partial charge in [0.05, 0.1) is 13.2 Å². The molecule has 0 spiro atoms. The number of ketones is 1. The molecule has 5 heteroatoms. The Morgan fingerprint density at radius 1 is 1.28 bits per heavy atom. The molecule has 0 saturated carbocycles. The van der Waals surface area contributed by atoms with E-state index < -0.39 is 5.97 Å². The molecule has 0 atom stereocenters. The minimum absolute atomic E-state index is 0.0832. The number of hydrogen-bond acceptors (Lipinski definition) is 4. The Labute approximate surface area is 114 Å². The molecular formula is C13H15BrO4. The van der Waals surface area contributed by atoms with Crippen LogP contribution in [0.25, 0.3) is 0 Å². The van der Waals surface area contributed by atoms with Crippen molar-refractivity contribution < 1.29 is 19.1 Å². The third-order valence-corrected chi connectivity index (χ3v) is 2.90. The van der Waals surface area contributed by atoms with Crippen LogP contribution in [0.4, 0.5) is 0 Å². The summed E-state index contributed by atoms with van der Waals surface area (Å²) in [5, 5.41) is 0. The van der Waals surface area contributed by atoms with Gasteiger partial charge in [-0.15, -0.1) is 0 Å². The Morgan fingerprint density at radius 2 is 2.00 bits per heavy atom. The predicted molar refractivity (Wildman–Crippen MR) is 70.1 cm³/mol. The molecule has 0 radical (unpaired) electrons. The van der Waals surface area contributed by atoms with Gasteiger partial charge >= 0.3 is 5.97 Å². The Bertz CT molecular complexity index is 417. The van der Waals surface area contributed by atoms with E-state index in [1.54, 1.807) is 6.92 Å². The zero-order chi connectivity index (χ0) is 13.4. The van der Waals surface area contributed by atoms with Gasteiger partial charge in [-0.05, 0) is 18.6 Å². The Morgan fingerprint density at radius 3 is 2.67 bits per heavy atom. The molecule has 0 N–H and O–H groups in total. The highest BCUT2D eigenvalue weighted by atomic mass is 79.9. The molecule has 0 bridgehead atoms. The second-order valence-corrected chi connectivity index (χ2v) is 4.46. The minimum atomic E-state index is -0.507. The fourth-order valence-electron chi connectivity index (χ4n) is 1.31. The first kappa shape index (κ1) is 14.9. The molecule has 0 amide bonds. The van der Waals surface area contributed by atoms with Gasteiger partial charge in [-0.1, -0.05) is 34.1 Å². The summed E-state index contributed by atoms with van der Waals surface area (Å²) >= 11 is 3.39. The third kappa shape index (κ3) is 5.42. The number of carbonyl (C=O) groups excluding carboxylic acids is 2. The van der Waals surface area contributed by atoms with E-state index in [0.29, 0.717) is 6.61 Å².